The van der Waals surface area contributed by atoms with Crippen LogP contribution in [0.25, 0.3) is 0 Å². The number of pyridine rings is 1. The van der Waals surface area contributed by atoms with E-state index in [2.05, 4.69) is 10.3 Å². The third-order valence-electron chi connectivity index (χ3n) is 3.46. The number of nitrogens with zero attached hydrogens (tertiary/aromatic N) is 1. The third-order valence-corrected chi connectivity index (χ3v) is 3.76. The molecule has 0 bridgehead atoms. The van der Waals surface area contributed by atoms with Crippen LogP contribution in [-0.4, -0.2) is 29.1 Å². The molecule has 0 unspecified atom stereocenters. The van der Waals surface area contributed by atoms with Crippen LogP contribution in [0.5, 0.6) is 0 Å². The lowest BCUT2D eigenvalue weighted by atomic mass is 9.83. The second kappa shape index (κ2) is 6.71. The average molecular weight is 271 g/mol. The summed E-state index contributed by atoms with van der Waals surface area (Å²) in [4.78, 5) is 15.8. The van der Waals surface area contributed by atoms with Crippen LogP contribution in [0.15, 0.2) is 18.3 Å². The summed E-state index contributed by atoms with van der Waals surface area (Å²) < 4.78 is 0. The lowest BCUT2D eigenvalue weighted by Crippen LogP contribution is -2.39. The maximum atomic E-state index is 11.9. The Bertz CT molecular complexity index is 397. The van der Waals surface area contributed by atoms with Gasteiger partial charge in [-0.25, -0.2) is 4.98 Å². The fourth-order valence-corrected chi connectivity index (χ4v) is 1.90. The van der Waals surface area contributed by atoms with Gasteiger partial charge in [-0.05, 0) is 25.0 Å². The van der Waals surface area contributed by atoms with E-state index in [1.165, 1.54) is 6.20 Å². The van der Waals surface area contributed by atoms with Crippen molar-refractivity contribution in [1.29, 1.82) is 0 Å². The van der Waals surface area contributed by atoms with E-state index < -0.39 is 0 Å². The number of halogens is 1. The van der Waals surface area contributed by atoms with Gasteiger partial charge in [0, 0.05) is 18.2 Å². The molecule has 1 heterocycles. The summed E-state index contributed by atoms with van der Waals surface area (Å²) in [5.74, 6) is -0.257. The van der Waals surface area contributed by atoms with Gasteiger partial charge in [-0.15, -0.1) is 0 Å². The van der Waals surface area contributed by atoms with E-state index in [-0.39, 0.29) is 23.1 Å². The Balaban J connectivity index is 2.69. The number of aliphatic hydroxyl groups excluding tert-OH is 1. The van der Waals surface area contributed by atoms with Gasteiger partial charge in [-0.2, -0.15) is 0 Å². The Morgan fingerprint density at radius 1 is 1.50 bits per heavy atom. The van der Waals surface area contributed by atoms with E-state index in [0.29, 0.717) is 12.1 Å². The first-order chi connectivity index (χ1) is 8.58. The first kappa shape index (κ1) is 14.9. The minimum atomic E-state index is -0.260. The number of hydrogen-bond acceptors (Lipinski definition) is 3. The SMILES string of the molecule is CCC(CC)(CO)CNC(=O)c1cccnc1Cl. The first-order valence-electron chi connectivity index (χ1n) is 6.08. The van der Waals surface area contributed by atoms with Crippen LogP contribution in [0.1, 0.15) is 37.0 Å². The van der Waals surface area contributed by atoms with Crippen LogP contribution in [0.4, 0.5) is 0 Å². The molecule has 1 amide bonds. The van der Waals surface area contributed by atoms with Crippen LogP contribution in [0, 0.1) is 5.41 Å². The lowest BCUT2D eigenvalue weighted by molar-refractivity contribution is 0.0851. The molecule has 0 saturated heterocycles. The molecule has 1 aromatic heterocycles. The highest BCUT2D eigenvalue weighted by atomic mass is 35.5. The Labute approximate surface area is 112 Å². The Hall–Kier alpha value is -1.13. The van der Waals surface area contributed by atoms with Crippen LogP contribution in [0.3, 0.4) is 0 Å². The lowest BCUT2D eigenvalue weighted by Gasteiger charge is -2.29. The molecule has 4 nitrogen and oxygen atoms in total. The zero-order valence-electron chi connectivity index (χ0n) is 10.7. The number of carbonyl (C=O) groups excluding carboxylic acids is 1. The van der Waals surface area contributed by atoms with Gasteiger partial charge in [0.25, 0.3) is 5.91 Å². The predicted molar refractivity (Wildman–Crippen MR) is 71.7 cm³/mol. The fraction of sp³-hybridized carbons (Fsp3) is 0.538. The normalized spacial score (nSPS) is 11.3. The Kier molecular flexibility index (Phi) is 5.56. The number of nitrogens with one attached hydrogen (secondary N) is 1. The zero-order chi connectivity index (χ0) is 13.6. The van der Waals surface area contributed by atoms with Crippen molar-refractivity contribution in [2.24, 2.45) is 5.41 Å². The minimum Gasteiger partial charge on any atom is -0.396 e. The average Bonchev–Trinajstić information content (AvgIpc) is 2.41. The van der Waals surface area contributed by atoms with E-state index in [1.54, 1.807) is 12.1 Å². The van der Waals surface area contributed by atoms with Gasteiger partial charge in [-0.3, -0.25) is 4.79 Å². The molecule has 0 aromatic carbocycles. The summed E-state index contributed by atoms with van der Waals surface area (Å²) >= 11 is 5.85. The van der Waals surface area contributed by atoms with Crippen molar-refractivity contribution in [1.82, 2.24) is 10.3 Å². The summed E-state index contributed by atoms with van der Waals surface area (Å²) in [5.41, 5.74) is 0.0999. The molecule has 0 saturated carbocycles. The van der Waals surface area contributed by atoms with Crippen molar-refractivity contribution in [3.8, 4) is 0 Å². The van der Waals surface area contributed by atoms with Gasteiger partial charge in [-0.1, -0.05) is 25.4 Å². The quantitative estimate of drug-likeness (QED) is 0.780. The highest BCUT2D eigenvalue weighted by Gasteiger charge is 2.26. The molecule has 2 N–H and O–H groups in total. The van der Waals surface area contributed by atoms with Crippen molar-refractivity contribution in [2.75, 3.05) is 13.2 Å². The van der Waals surface area contributed by atoms with Crippen LogP contribution in [-0.2, 0) is 0 Å². The number of rotatable bonds is 6. The predicted octanol–water partition coefficient (Wildman–Crippen LogP) is 2.26. The maximum absolute atomic E-state index is 11.9. The topological polar surface area (TPSA) is 62.2 Å². The molecule has 0 fully saturated rings. The second-order valence-electron chi connectivity index (χ2n) is 4.39. The van der Waals surface area contributed by atoms with Gasteiger partial charge in [0.1, 0.15) is 5.15 Å². The molecule has 0 radical (unpaired) electrons. The number of aliphatic hydroxyl groups is 1. The summed E-state index contributed by atoms with van der Waals surface area (Å²) in [6, 6.07) is 3.29. The summed E-state index contributed by atoms with van der Waals surface area (Å²) in [5, 5.41) is 12.4. The fourth-order valence-electron chi connectivity index (χ4n) is 1.70. The molecule has 18 heavy (non-hydrogen) atoms. The zero-order valence-corrected chi connectivity index (χ0v) is 11.5. The molecule has 100 valence electrons. The van der Waals surface area contributed by atoms with Crippen LogP contribution >= 0.6 is 11.6 Å². The number of amides is 1. The van der Waals surface area contributed by atoms with Crippen molar-refractivity contribution in [2.45, 2.75) is 26.7 Å². The molecule has 1 aromatic rings. The molecular formula is C13H19ClN2O2. The summed E-state index contributed by atoms with van der Waals surface area (Å²) in [6.45, 7) is 4.49. The van der Waals surface area contributed by atoms with Gasteiger partial charge in [0.15, 0.2) is 0 Å². The molecule has 1 rings (SSSR count). The van der Waals surface area contributed by atoms with Crippen LogP contribution in [0.2, 0.25) is 5.15 Å². The highest BCUT2D eigenvalue weighted by molar-refractivity contribution is 6.32. The second-order valence-corrected chi connectivity index (χ2v) is 4.75. The molecular weight excluding hydrogens is 252 g/mol. The van der Waals surface area contributed by atoms with Crippen molar-refractivity contribution >= 4 is 17.5 Å². The molecule has 0 spiro atoms. The Morgan fingerprint density at radius 3 is 2.67 bits per heavy atom. The van der Waals surface area contributed by atoms with E-state index in [1.807, 2.05) is 13.8 Å². The molecule has 5 heteroatoms. The van der Waals surface area contributed by atoms with Gasteiger partial charge >= 0.3 is 0 Å². The largest absolute Gasteiger partial charge is 0.396 e. The number of aromatic nitrogens is 1. The summed E-state index contributed by atoms with van der Waals surface area (Å²) in [7, 11) is 0. The van der Waals surface area contributed by atoms with E-state index in [9.17, 15) is 9.90 Å². The monoisotopic (exact) mass is 270 g/mol. The molecule has 0 aliphatic carbocycles. The van der Waals surface area contributed by atoms with Crippen molar-refractivity contribution in [3.05, 3.63) is 29.0 Å². The Morgan fingerprint density at radius 2 is 2.17 bits per heavy atom. The summed E-state index contributed by atoms with van der Waals surface area (Å²) in [6.07, 6.45) is 3.15. The molecule has 0 atom stereocenters. The van der Waals surface area contributed by atoms with Gasteiger partial charge in [0.05, 0.1) is 12.2 Å². The number of hydrogen-bond donors (Lipinski definition) is 2. The van der Waals surface area contributed by atoms with Crippen molar-refractivity contribution < 1.29 is 9.90 Å². The third kappa shape index (κ3) is 3.43. The van der Waals surface area contributed by atoms with Crippen LogP contribution < -0.4 is 5.32 Å². The van der Waals surface area contributed by atoms with E-state index in [4.69, 9.17) is 11.6 Å². The molecule has 0 aliphatic heterocycles. The van der Waals surface area contributed by atoms with Gasteiger partial charge < -0.3 is 10.4 Å². The first-order valence-corrected chi connectivity index (χ1v) is 6.46. The number of carbonyl (C=O) groups is 1. The smallest absolute Gasteiger partial charge is 0.254 e. The van der Waals surface area contributed by atoms with E-state index >= 15 is 0 Å². The van der Waals surface area contributed by atoms with Gasteiger partial charge in [0.2, 0.25) is 0 Å². The standard InChI is InChI=1S/C13H19ClN2O2/c1-3-13(4-2,9-17)8-16-12(18)10-6-5-7-15-11(10)14/h5-7,17H,3-4,8-9H2,1-2H3,(H,16,18). The minimum absolute atomic E-state index is 0.0566. The van der Waals surface area contributed by atoms with Crippen molar-refractivity contribution in [3.63, 3.8) is 0 Å². The maximum Gasteiger partial charge on any atom is 0.254 e. The highest BCUT2D eigenvalue weighted by Crippen LogP contribution is 2.24. The molecule has 0 aliphatic rings. The van der Waals surface area contributed by atoms with E-state index in [0.717, 1.165) is 12.8 Å².